The van der Waals surface area contributed by atoms with Crippen LogP contribution < -0.4 is 5.32 Å². The standard InChI is InChI=1S/C15H23NO3/c1-4-15(2,3)13(14(18)19)16-12(10-17)11-8-6-5-7-9-11/h5-9,12-13,16-17H,4,10H2,1-3H3,(H,18,19)/t12-,13-/m1/s1. The zero-order valence-corrected chi connectivity index (χ0v) is 11.8. The quantitative estimate of drug-likeness (QED) is 0.707. The van der Waals surface area contributed by atoms with Crippen molar-refractivity contribution in [2.75, 3.05) is 6.61 Å². The molecule has 19 heavy (non-hydrogen) atoms. The molecule has 4 heteroatoms. The number of hydrogen-bond donors (Lipinski definition) is 3. The molecule has 3 N–H and O–H groups in total. The highest BCUT2D eigenvalue weighted by Gasteiger charge is 2.35. The summed E-state index contributed by atoms with van der Waals surface area (Å²) in [5, 5.41) is 21.9. The average molecular weight is 265 g/mol. The van der Waals surface area contributed by atoms with Gasteiger partial charge in [0.15, 0.2) is 0 Å². The van der Waals surface area contributed by atoms with Crippen LogP contribution in [-0.2, 0) is 4.79 Å². The number of carboxylic acids is 1. The van der Waals surface area contributed by atoms with Gasteiger partial charge in [0.25, 0.3) is 0 Å². The van der Waals surface area contributed by atoms with Crippen molar-refractivity contribution in [1.82, 2.24) is 5.32 Å². The fraction of sp³-hybridized carbons (Fsp3) is 0.533. The Labute approximate surface area is 114 Å². The van der Waals surface area contributed by atoms with Gasteiger partial charge in [-0.3, -0.25) is 10.1 Å². The summed E-state index contributed by atoms with van der Waals surface area (Å²) in [6.45, 7) is 5.66. The van der Waals surface area contributed by atoms with Gasteiger partial charge in [-0.2, -0.15) is 0 Å². The average Bonchev–Trinajstić information content (AvgIpc) is 2.40. The summed E-state index contributed by atoms with van der Waals surface area (Å²) in [6, 6.07) is 8.34. The summed E-state index contributed by atoms with van der Waals surface area (Å²) in [5.74, 6) is -0.888. The van der Waals surface area contributed by atoms with E-state index in [0.717, 1.165) is 12.0 Å². The maximum absolute atomic E-state index is 11.4. The minimum atomic E-state index is -0.888. The molecule has 0 bridgehead atoms. The number of rotatable bonds is 7. The third-order valence-electron chi connectivity index (χ3n) is 3.69. The number of aliphatic hydroxyl groups is 1. The Balaban J connectivity index is 2.92. The summed E-state index contributed by atoms with van der Waals surface area (Å²) < 4.78 is 0. The van der Waals surface area contributed by atoms with Crippen molar-refractivity contribution in [3.05, 3.63) is 35.9 Å². The number of aliphatic hydroxyl groups excluding tert-OH is 1. The molecule has 0 radical (unpaired) electrons. The Morgan fingerprint density at radius 3 is 2.32 bits per heavy atom. The molecule has 4 nitrogen and oxygen atoms in total. The van der Waals surface area contributed by atoms with Gasteiger partial charge in [-0.05, 0) is 17.4 Å². The number of carbonyl (C=O) groups is 1. The van der Waals surface area contributed by atoms with Crippen molar-refractivity contribution in [2.24, 2.45) is 5.41 Å². The van der Waals surface area contributed by atoms with Gasteiger partial charge in [0.2, 0.25) is 0 Å². The van der Waals surface area contributed by atoms with E-state index in [0.29, 0.717) is 0 Å². The summed E-state index contributed by atoms with van der Waals surface area (Å²) in [6.07, 6.45) is 0.740. The van der Waals surface area contributed by atoms with Crippen LogP contribution in [0.4, 0.5) is 0 Å². The van der Waals surface area contributed by atoms with Crippen molar-refractivity contribution in [2.45, 2.75) is 39.3 Å². The van der Waals surface area contributed by atoms with E-state index in [2.05, 4.69) is 5.32 Å². The maximum atomic E-state index is 11.4. The molecule has 0 spiro atoms. The van der Waals surface area contributed by atoms with Crippen molar-refractivity contribution in [1.29, 1.82) is 0 Å². The zero-order valence-electron chi connectivity index (χ0n) is 11.8. The molecule has 1 rings (SSSR count). The van der Waals surface area contributed by atoms with Crippen LogP contribution in [0.5, 0.6) is 0 Å². The van der Waals surface area contributed by atoms with E-state index in [9.17, 15) is 15.0 Å². The molecule has 2 atom stereocenters. The zero-order chi connectivity index (χ0) is 14.5. The second-order valence-electron chi connectivity index (χ2n) is 5.43. The fourth-order valence-corrected chi connectivity index (χ4v) is 1.98. The first-order chi connectivity index (χ1) is 8.92. The topological polar surface area (TPSA) is 69.6 Å². The van der Waals surface area contributed by atoms with E-state index in [-0.39, 0.29) is 18.1 Å². The van der Waals surface area contributed by atoms with Crippen LogP contribution in [0.15, 0.2) is 30.3 Å². The van der Waals surface area contributed by atoms with Gasteiger partial charge in [0.1, 0.15) is 6.04 Å². The summed E-state index contributed by atoms with van der Waals surface area (Å²) in [7, 11) is 0. The van der Waals surface area contributed by atoms with Crippen LogP contribution in [0.2, 0.25) is 0 Å². The number of nitrogens with one attached hydrogen (secondary N) is 1. The van der Waals surface area contributed by atoms with E-state index < -0.39 is 12.0 Å². The minimum Gasteiger partial charge on any atom is -0.480 e. The summed E-state index contributed by atoms with van der Waals surface area (Å²) >= 11 is 0. The normalized spacial score (nSPS) is 14.9. The second kappa shape index (κ2) is 6.68. The number of hydrogen-bond acceptors (Lipinski definition) is 3. The van der Waals surface area contributed by atoms with Gasteiger partial charge in [-0.1, -0.05) is 51.1 Å². The molecule has 1 aromatic carbocycles. The van der Waals surface area contributed by atoms with Crippen molar-refractivity contribution in [3.63, 3.8) is 0 Å². The molecule has 0 amide bonds. The highest BCUT2D eigenvalue weighted by atomic mass is 16.4. The van der Waals surface area contributed by atoms with Crippen molar-refractivity contribution >= 4 is 5.97 Å². The first-order valence-electron chi connectivity index (χ1n) is 6.57. The Morgan fingerprint density at radius 2 is 1.89 bits per heavy atom. The lowest BCUT2D eigenvalue weighted by molar-refractivity contribution is -0.143. The Bertz CT molecular complexity index is 403. The van der Waals surface area contributed by atoms with Crippen LogP contribution >= 0.6 is 0 Å². The molecule has 0 heterocycles. The molecular weight excluding hydrogens is 242 g/mol. The van der Waals surface area contributed by atoms with Gasteiger partial charge >= 0.3 is 5.97 Å². The van der Waals surface area contributed by atoms with Crippen LogP contribution in [0, 0.1) is 5.41 Å². The lowest BCUT2D eigenvalue weighted by atomic mass is 9.81. The van der Waals surface area contributed by atoms with Crippen LogP contribution in [0.1, 0.15) is 38.8 Å². The number of carboxylic acid groups (broad SMARTS) is 1. The lowest BCUT2D eigenvalue weighted by Gasteiger charge is -2.33. The smallest absolute Gasteiger partial charge is 0.321 e. The van der Waals surface area contributed by atoms with E-state index in [1.807, 2.05) is 51.1 Å². The molecule has 0 unspecified atom stereocenters. The third-order valence-corrected chi connectivity index (χ3v) is 3.69. The molecule has 1 aromatic rings. The predicted octanol–water partition coefficient (Wildman–Crippen LogP) is 2.20. The molecule has 0 saturated carbocycles. The van der Waals surface area contributed by atoms with Gasteiger partial charge in [0.05, 0.1) is 12.6 Å². The molecule has 0 aliphatic heterocycles. The maximum Gasteiger partial charge on any atom is 0.321 e. The van der Waals surface area contributed by atoms with Gasteiger partial charge < -0.3 is 10.2 Å². The van der Waals surface area contributed by atoms with Gasteiger partial charge in [-0.25, -0.2) is 0 Å². The first-order valence-corrected chi connectivity index (χ1v) is 6.57. The van der Waals surface area contributed by atoms with Crippen molar-refractivity contribution < 1.29 is 15.0 Å². The molecule has 106 valence electrons. The van der Waals surface area contributed by atoms with E-state index in [1.54, 1.807) is 0 Å². The molecule has 0 saturated heterocycles. The van der Waals surface area contributed by atoms with E-state index >= 15 is 0 Å². The minimum absolute atomic E-state index is 0.131. The lowest BCUT2D eigenvalue weighted by Crippen LogP contribution is -2.49. The van der Waals surface area contributed by atoms with Gasteiger partial charge in [0, 0.05) is 0 Å². The van der Waals surface area contributed by atoms with E-state index in [4.69, 9.17) is 0 Å². The highest BCUT2D eigenvalue weighted by Crippen LogP contribution is 2.27. The second-order valence-corrected chi connectivity index (χ2v) is 5.43. The summed E-state index contributed by atoms with van der Waals surface area (Å²) in [5.41, 5.74) is 0.511. The van der Waals surface area contributed by atoms with Crippen molar-refractivity contribution in [3.8, 4) is 0 Å². The predicted molar refractivity (Wildman–Crippen MR) is 74.9 cm³/mol. The Morgan fingerprint density at radius 1 is 1.32 bits per heavy atom. The number of aliphatic carboxylic acids is 1. The molecule has 0 fully saturated rings. The fourth-order valence-electron chi connectivity index (χ4n) is 1.98. The Hall–Kier alpha value is -1.39. The first kappa shape index (κ1) is 15.7. The molecular formula is C15H23NO3. The highest BCUT2D eigenvalue weighted by molar-refractivity contribution is 5.74. The van der Waals surface area contributed by atoms with Crippen LogP contribution in [0.3, 0.4) is 0 Å². The third kappa shape index (κ3) is 4.04. The van der Waals surface area contributed by atoms with Crippen LogP contribution in [-0.4, -0.2) is 28.8 Å². The Kier molecular flexibility index (Phi) is 5.51. The molecule has 0 aliphatic rings. The number of benzene rings is 1. The monoisotopic (exact) mass is 265 g/mol. The largest absolute Gasteiger partial charge is 0.480 e. The van der Waals surface area contributed by atoms with Crippen LogP contribution in [0.25, 0.3) is 0 Å². The summed E-state index contributed by atoms with van der Waals surface area (Å²) in [4.78, 5) is 11.4. The van der Waals surface area contributed by atoms with E-state index in [1.165, 1.54) is 0 Å². The van der Waals surface area contributed by atoms with Gasteiger partial charge in [-0.15, -0.1) is 0 Å². The molecule has 0 aromatic heterocycles. The molecule has 0 aliphatic carbocycles. The SMILES string of the molecule is CCC(C)(C)[C@H](N[C@H](CO)c1ccccc1)C(=O)O.